The van der Waals surface area contributed by atoms with Crippen molar-refractivity contribution in [2.24, 2.45) is 0 Å². The summed E-state index contributed by atoms with van der Waals surface area (Å²) >= 11 is 0. The number of hydrogen-bond donors (Lipinski definition) is 3. The van der Waals surface area contributed by atoms with E-state index in [4.69, 9.17) is 5.11 Å². The van der Waals surface area contributed by atoms with Crippen LogP contribution in [0.5, 0.6) is 0 Å². The number of imidazole rings is 1. The van der Waals surface area contributed by atoms with Crippen molar-refractivity contribution in [2.75, 3.05) is 0 Å². The lowest BCUT2D eigenvalue weighted by Crippen LogP contribution is -2.21. The molecule has 0 saturated heterocycles. The van der Waals surface area contributed by atoms with Gasteiger partial charge in [-0.1, -0.05) is 19.1 Å². The average Bonchev–Trinajstić information content (AvgIpc) is 2.57. The summed E-state index contributed by atoms with van der Waals surface area (Å²) in [5.41, 5.74) is 2.62. The summed E-state index contributed by atoms with van der Waals surface area (Å²) in [6.45, 7) is 2.08. The number of aromatic nitrogens is 2. The molecule has 1 heterocycles. The molecule has 0 saturated carbocycles. The molecule has 0 spiro atoms. The van der Waals surface area contributed by atoms with Crippen molar-refractivity contribution < 1.29 is 9.90 Å². The molecule has 3 N–H and O–H groups in total. The Labute approximate surface area is 91.8 Å². The van der Waals surface area contributed by atoms with Gasteiger partial charge in [0.2, 0.25) is 0 Å². The molecule has 0 radical (unpaired) electrons. The fraction of sp³-hybridized carbons (Fsp3) is 0.364. The van der Waals surface area contributed by atoms with Crippen LogP contribution in [0.1, 0.15) is 26.2 Å². The second-order valence-corrected chi connectivity index (χ2v) is 3.34. The first-order valence-corrected chi connectivity index (χ1v) is 5.11. The van der Waals surface area contributed by atoms with Gasteiger partial charge >= 0.3 is 5.97 Å². The van der Waals surface area contributed by atoms with E-state index in [1.165, 1.54) is 0 Å². The molecule has 0 aliphatic rings. The zero-order valence-corrected chi connectivity index (χ0v) is 9.04. The van der Waals surface area contributed by atoms with Gasteiger partial charge < -0.3 is 15.1 Å². The molecular formula is C11H14N2O3. The number of nitrogens with one attached hydrogen (secondary N) is 2. The van der Waals surface area contributed by atoms with Gasteiger partial charge in [-0.3, -0.25) is 4.79 Å². The molecule has 0 aliphatic carbocycles. The normalized spacial score (nSPS) is 11.2. The van der Waals surface area contributed by atoms with E-state index < -0.39 is 5.97 Å². The number of aliphatic carboxylic acids is 1. The average molecular weight is 222 g/mol. The molecule has 0 atom stereocenters. The molecule has 86 valence electrons. The molecular weight excluding hydrogens is 208 g/mol. The van der Waals surface area contributed by atoms with E-state index in [0.29, 0.717) is 5.48 Å². The molecule has 5 heteroatoms. The van der Waals surface area contributed by atoms with Gasteiger partial charge in [0.05, 0.1) is 6.08 Å². The van der Waals surface area contributed by atoms with E-state index in [2.05, 4.69) is 22.6 Å². The van der Waals surface area contributed by atoms with E-state index in [9.17, 15) is 9.59 Å². The highest BCUT2D eigenvalue weighted by atomic mass is 16.4. The van der Waals surface area contributed by atoms with Crippen LogP contribution in [-0.2, 0) is 4.79 Å². The van der Waals surface area contributed by atoms with Crippen molar-refractivity contribution in [1.82, 2.24) is 9.97 Å². The summed E-state index contributed by atoms with van der Waals surface area (Å²) in [6.07, 6.45) is 5.67. The first kappa shape index (κ1) is 12.1. The fourth-order valence-electron chi connectivity index (χ4n) is 1.20. The summed E-state index contributed by atoms with van der Waals surface area (Å²) in [5, 5.41) is 8.52. The van der Waals surface area contributed by atoms with Gasteiger partial charge in [0, 0.05) is 0 Å². The van der Waals surface area contributed by atoms with Crippen molar-refractivity contribution in [2.45, 2.75) is 26.2 Å². The lowest BCUT2D eigenvalue weighted by atomic mass is 10.2. The van der Waals surface area contributed by atoms with Gasteiger partial charge in [-0.15, -0.1) is 0 Å². The molecule has 0 bridgehead atoms. The number of hydrogen-bond acceptors (Lipinski definition) is 2. The van der Waals surface area contributed by atoms with E-state index in [-0.39, 0.29) is 10.9 Å². The monoisotopic (exact) mass is 222 g/mol. The third-order valence-corrected chi connectivity index (χ3v) is 1.98. The maximum Gasteiger partial charge on any atom is 0.336 e. The van der Waals surface area contributed by atoms with E-state index in [1.54, 1.807) is 0 Å². The molecule has 0 amide bonds. The van der Waals surface area contributed by atoms with Gasteiger partial charge in [0.25, 0.3) is 5.56 Å². The predicted octanol–water partition coefficient (Wildman–Crippen LogP) is -0.306. The van der Waals surface area contributed by atoms with E-state index >= 15 is 0 Å². The lowest BCUT2D eigenvalue weighted by Gasteiger charge is -1.85. The highest BCUT2D eigenvalue weighted by molar-refractivity contribution is 5.82. The SMILES string of the molecule is CCCCC=c1[nH]c(=O)c(=C=CC(=O)O)[nH]1. The number of carbonyl (C=O) groups is 1. The molecule has 0 fully saturated rings. The predicted molar refractivity (Wildman–Crippen MR) is 60.3 cm³/mol. The molecule has 16 heavy (non-hydrogen) atoms. The lowest BCUT2D eigenvalue weighted by molar-refractivity contribution is -0.131. The van der Waals surface area contributed by atoms with Crippen LogP contribution in [-0.4, -0.2) is 21.0 Å². The largest absolute Gasteiger partial charge is 0.478 e. The van der Waals surface area contributed by atoms with Crippen molar-refractivity contribution >= 4 is 17.8 Å². The van der Waals surface area contributed by atoms with Crippen LogP contribution >= 0.6 is 0 Å². The van der Waals surface area contributed by atoms with Crippen LogP contribution in [0.15, 0.2) is 10.9 Å². The minimum atomic E-state index is -1.13. The van der Waals surface area contributed by atoms with Gasteiger partial charge in [0.15, 0.2) is 0 Å². The molecule has 0 aliphatic heterocycles. The first-order valence-electron chi connectivity index (χ1n) is 5.11. The Kier molecular flexibility index (Phi) is 4.36. The Balaban J connectivity index is 3.08. The molecule has 0 unspecified atom stereocenters. The Hall–Kier alpha value is -2.00. The van der Waals surface area contributed by atoms with Gasteiger partial charge in [-0.2, -0.15) is 0 Å². The number of aromatic amines is 2. The fourth-order valence-corrected chi connectivity index (χ4v) is 1.20. The Morgan fingerprint density at radius 3 is 2.88 bits per heavy atom. The van der Waals surface area contributed by atoms with E-state index in [0.717, 1.165) is 25.3 Å². The highest BCUT2D eigenvalue weighted by Gasteiger charge is 1.91. The minimum absolute atomic E-state index is 0.130. The number of H-pyrrole nitrogens is 2. The second-order valence-electron chi connectivity index (χ2n) is 3.34. The summed E-state index contributed by atoms with van der Waals surface area (Å²) in [6, 6.07) is 0. The third kappa shape index (κ3) is 3.63. The van der Waals surface area contributed by atoms with Crippen LogP contribution in [0.2, 0.25) is 0 Å². The van der Waals surface area contributed by atoms with Crippen LogP contribution in [0.4, 0.5) is 0 Å². The first-order chi connectivity index (χ1) is 7.63. The summed E-state index contributed by atoms with van der Waals surface area (Å²) in [4.78, 5) is 26.9. The quantitative estimate of drug-likeness (QED) is 0.482. The van der Waals surface area contributed by atoms with Crippen LogP contribution in [0, 0.1) is 0 Å². The smallest absolute Gasteiger partial charge is 0.336 e. The van der Waals surface area contributed by atoms with Gasteiger partial charge in [-0.05, 0) is 18.9 Å². The molecule has 5 nitrogen and oxygen atoms in total. The van der Waals surface area contributed by atoms with Crippen LogP contribution in [0.25, 0.3) is 11.8 Å². The number of carboxylic acids is 1. The third-order valence-electron chi connectivity index (χ3n) is 1.98. The molecule has 1 aromatic rings. The second kappa shape index (κ2) is 5.78. The van der Waals surface area contributed by atoms with Crippen molar-refractivity contribution in [1.29, 1.82) is 0 Å². The number of carboxylic acid groups (broad SMARTS) is 1. The Bertz CT molecular complexity index is 559. The van der Waals surface area contributed by atoms with Crippen LogP contribution < -0.4 is 16.4 Å². The van der Waals surface area contributed by atoms with Gasteiger partial charge in [0.1, 0.15) is 10.8 Å². The van der Waals surface area contributed by atoms with Crippen LogP contribution in [0.3, 0.4) is 0 Å². The highest BCUT2D eigenvalue weighted by Crippen LogP contribution is 1.92. The van der Waals surface area contributed by atoms with Crippen molar-refractivity contribution in [3.8, 4) is 0 Å². The number of unbranched alkanes of at least 4 members (excludes halogenated alkanes) is 2. The van der Waals surface area contributed by atoms with Crippen molar-refractivity contribution in [3.05, 3.63) is 27.3 Å². The molecule has 1 rings (SSSR count). The zero-order valence-electron chi connectivity index (χ0n) is 9.04. The maximum absolute atomic E-state index is 11.3. The van der Waals surface area contributed by atoms with Crippen molar-refractivity contribution in [3.63, 3.8) is 0 Å². The molecule has 1 aromatic heterocycles. The van der Waals surface area contributed by atoms with Gasteiger partial charge in [-0.25, -0.2) is 4.79 Å². The topological polar surface area (TPSA) is 85.9 Å². The molecule has 0 aromatic carbocycles. The number of rotatable bonds is 4. The summed E-state index contributed by atoms with van der Waals surface area (Å²) in [5.74, 6) is -1.13. The maximum atomic E-state index is 11.3. The van der Waals surface area contributed by atoms with E-state index in [1.807, 2.05) is 6.08 Å². The summed E-state index contributed by atoms with van der Waals surface area (Å²) < 4.78 is 0. The minimum Gasteiger partial charge on any atom is -0.478 e. The Morgan fingerprint density at radius 1 is 1.50 bits per heavy atom. The standard InChI is InChI=1S/C11H14N2O3/c1-2-3-4-5-9-12-8(11(16)13-9)6-7-10(14)15/h5,7,12H,2-4H2,1H3,(H,13,16)(H,14,15). The summed E-state index contributed by atoms with van der Waals surface area (Å²) in [7, 11) is 0. The zero-order chi connectivity index (χ0) is 12.0. The Morgan fingerprint density at radius 2 is 2.25 bits per heavy atom.